The number of H-pyrrole nitrogens is 1. The molecule has 1 unspecified atom stereocenters. The van der Waals surface area contributed by atoms with E-state index in [4.69, 9.17) is 4.74 Å². The number of aromatic amines is 1. The Morgan fingerprint density at radius 2 is 1.72 bits per heavy atom. The van der Waals surface area contributed by atoms with Crippen molar-refractivity contribution in [1.29, 1.82) is 0 Å². The zero-order valence-corrected chi connectivity index (χ0v) is 17.6. The Morgan fingerprint density at radius 1 is 1.00 bits per heavy atom. The summed E-state index contributed by atoms with van der Waals surface area (Å²) in [5.74, 6) is -0.186. The molecule has 1 heterocycles. The van der Waals surface area contributed by atoms with E-state index < -0.39 is 0 Å². The summed E-state index contributed by atoms with van der Waals surface area (Å²) in [6.45, 7) is 4.07. The predicted molar refractivity (Wildman–Crippen MR) is 117 cm³/mol. The van der Waals surface area contributed by atoms with Crippen LogP contribution in [0.1, 0.15) is 41.8 Å². The molecule has 29 heavy (non-hydrogen) atoms. The third-order valence-electron chi connectivity index (χ3n) is 5.57. The summed E-state index contributed by atoms with van der Waals surface area (Å²) in [4.78, 5) is 12.4. The maximum absolute atomic E-state index is 12.4. The number of nitrogens with one attached hydrogen (secondary N) is 1. The number of benzene rings is 2. The number of rotatable bonds is 9. The molecule has 0 radical (unpaired) electrons. The van der Waals surface area contributed by atoms with Gasteiger partial charge in [0.15, 0.2) is 0 Å². The maximum Gasteiger partial charge on any atom is 0.308 e. The van der Waals surface area contributed by atoms with Crippen LogP contribution in [0.2, 0.25) is 0 Å². The lowest BCUT2D eigenvalue weighted by atomic mass is 9.90. The van der Waals surface area contributed by atoms with Crippen LogP contribution in [-0.2, 0) is 22.4 Å². The summed E-state index contributed by atoms with van der Waals surface area (Å²) < 4.78 is 5.09. The average molecular weight is 391 g/mol. The molecular formula is C25H30N2O2. The number of carbonyl (C=O) groups is 1. The number of aryl methyl sites for hydroxylation is 4. The third-order valence-corrected chi connectivity index (χ3v) is 5.57. The highest BCUT2D eigenvalue weighted by atomic mass is 16.5. The minimum Gasteiger partial charge on any atom is -0.469 e. The van der Waals surface area contributed by atoms with Crippen LogP contribution in [0.5, 0.6) is 0 Å². The Balaban J connectivity index is 1.68. The van der Waals surface area contributed by atoms with Crippen molar-refractivity contribution in [3.8, 4) is 11.1 Å². The number of methoxy groups -OCH3 is 1. The molecule has 0 aliphatic rings. The van der Waals surface area contributed by atoms with Crippen LogP contribution in [-0.4, -0.2) is 23.3 Å². The van der Waals surface area contributed by atoms with Crippen molar-refractivity contribution in [2.75, 3.05) is 7.11 Å². The summed E-state index contributed by atoms with van der Waals surface area (Å²) in [5.41, 5.74) is 7.00. The second-order valence-electron chi connectivity index (χ2n) is 7.60. The van der Waals surface area contributed by atoms with Gasteiger partial charge in [0.1, 0.15) is 0 Å². The van der Waals surface area contributed by atoms with Crippen molar-refractivity contribution in [3.05, 3.63) is 77.1 Å². The van der Waals surface area contributed by atoms with E-state index in [1.54, 1.807) is 0 Å². The SMILES string of the molecule is COC(=O)C(CCCc1ccccc1)CCc1ccccc1-c1c(C)n[nH]c1C. The van der Waals surface area contributed by atoms with Crippen LogP contribution in [0, 0.1) is 19.8 Å². The van der Waals surface area contributed by atoms with Crippen LogP contribution in [0.3, 0.4) is 0 Å². The normalized spacial score (nSPS) is 12.0. The second-order valence-corrected chi connectivity index (χ2v) is 7.60. The molecule has 0 aliphatic carbocycles. The van der Waals surface area contributed by atoms with E-state index in [0.29, 0.717) is 0 Å². The fourth-order valence-electron chi connectivity index (χ4n) is 4.00. The van der Waals surface area contributed by atoms with Gasteiger partial charge < -0.3 is 4.74 Å². The fraction of sp³-hybridized carbons (Fsp3) is 0.360. The van der Waals surface area contributed by atoms with Crippen molar-refractivity contribution in [1.82, 2.24) is 10.2 Å². The van der Waals surface area contributed by atoms with Gasteiger partial charge in [-0.25, -0.2) is 0 Å². The number of esters is 1. The second kappa shape index (κ2) is 10.1. The lowest BCUT2D eigenvalue weighted by Crippen LogP contribution is -2.17. The first-order valence-electron chi connectivity index (χ1n) is 10.3. The number of hydrogen-bond donors (Lipinski definition) is 1. The first-order chi connectivity index (χ1) is 14.1. The van der Waals surface area contributed by atoms with Crippen LogP contribution < -0.4 is 0 Å². The molecule has 0 saturated carbocycles. The van der Waals surface area contributed by atoms with Crippen LogP contribution in [0.25, 0.3) is 11.1 Å². The third kappa shape index (κ3) is 5.35. The molecule has 1 atom stereocenters. The standard InChI is InChI=1S/C25H30N2O2/c1-18-24(19(2)27-26-18)23-15-8-7-13-21(23)16-17-22(25(28)29-3)14-9-12-20-10-5-4-6-11-20/h4-8,10-11,13,15,22H,9,12,14,16-17H2,1-3H3,(H,26,27). The number of carbonyl (C=O) groups excluding carboxylic acids is 1. The van der Waals surface area contributed by atoms with Gasteiger partial charge in [0, 0.05) is 11.3 Å². The molecule has 4 nitrogen and oxygen atoms in total. The Labute approximate surface area is 173 Å². The molecule has 4 heteroatoms. The van der Waals surface area contributed by atoms with Gasteiger partial charge in [-0.3, -0.25) is 9.89 Å². The van der Waals surface area contributed by atoms with Crippen molar-refractivity contribution in [2.45, 2.75) is 46.0 Å². The van der Waals surface area contributed by atoms with Gasteiger partial charge in [-0.1, -0.05) is 54.6 Å². The smallest absolute Gasteiger partial charge is 0.308 e. The van der Waals surface area contributed by atoms with Gasteiger partial charge in [-0.2, -0.15) is 5.10 Å². The Hall–Kier alpha value is -2.88. The van der Waals surface area contributed by atoms with E-state index in [9.17, 15) is 4.79 Å². The van der Waals surface area contributed by atoms with Crippen molar-refractivity contribution < 1.29 is 9.53 Å². The minimum atomic E-state index is -0.105. The van der Waals surface area contributed by atoms with Crippen molar-refractivity contribution >= 4 is 5.97 Å². The zero-order valence-electron chi connectivity index (χ0n) is 17.6. The number of aromatic nitrogens is 2. The Bertz CT molecular complexity index is 912. The lowest BCUT2D eigenvalue weighted by molar-refractivity contribution is -0.145. The molecule has 0 amide bonds. The highest BCUT2D eigenvalue weighted by Gasteiger charge is 2.20. The average Bonchev–Trinajstić information content (AvgIpc) is 3.09. The summed E-state index contributed by atoms with van der Waals surface area (Å²) in [5, 5.41) is 7.41. The van der Waals surface area contributed by atoms with Crippen molar-refractivity contribution in [2.24, 2.45) is 5.92 Å². The van der Waals surface area contributed by atoms with Gasteiger partial charge >= 0.3 is 5.97 Å². The molecule has 1 aromatic heterocycles. The molecule has 0 spiro atoms. The Morgan fingerprint density at radius 3 is 2.41 bits per heavy atom. The lowest BCUT2D eigenvalue weighted by Gasteiger charge is -2.16. The van der Waals surface area contributed by atoms with E-state index in [-0.39, 0.29) is 11.9 Å². The van der Waals surface area contributed by atoms with E-state index >= 15 is 0 Å². The van der Waals surface area contributed by atoms with E-state index in [1.807, 2.05) is 19.9 Å². The number of ether oxygens (including phenoxy) is 1. The van der Waals surface area contributed by atoms with E-state index in [1.165, 1.54) is 29.4 Å². The summed E-state index contributed by atoms with van der Waals surface area (Å²) in [6, 6.07) is 18.8. The minimum absolute atomic E-state index is 0.0803. The predicted octanol–water partition coefficient (Wildman–Crippen LogP) is 5.44. The highest BCUT2D eigenvalue weighted by Crippen LogP contribution is 2.30. The monoisotopic (exact) mass is 390 g/mol. The van der Waals surface area contributed by atoms with Crippen molar-refractivity contribution in [3.63, 3.8) is 0 Å². The fourth-order valence-corrected chi connectivity index (χ4v) is 4.00. The quantitative estimate of drug-likeness (QED) is 0.495. The molecule has 3 aromatic rings. The first-order valence-corrected chi connectivity index (χ1v) is 10.3. The van der Waals surface area contributed by atoms with Gasteiger partial charge in [0.25, 0.3) is 0 Å². The van der Waals surface area contributed by atoms with E-state index in [0.717, 1.165) is 43.5 Å². The van der Waals surface area contributed by atoms with Crippen LogP contribution >= 0.6 is 0 Å². The number of hydrogen-bond acceptors (Lipinski definition) is 3. The first kappa shape index (κ1) is 20.8. The van der Waals surface area contributed by atoms with Crippen LogP contribution in [0.4, 0.5) is 0 Å². The number of nitrogens with zero attached hydrogens (tertiary/aromatic N) is 1. The molecule has 0 saturated heterocycles. The summed E-state index contributed by atoms with van der Waals surface area (Å²) >= 11 is 0. The van der Waals surface area contributed by atoms with E-state index in [2.05, 4.69) is 58.7 Å². The van der Waals surface area contributed by atoms with Crippen LogP contribution in [0.15, 0.2) is 54.6 Å². The molecule has 0 aliphatic heterocycles. The molecule has 3 rings (SSSR count). The summed E-state index contributed by atoms with van der Waals surface area (Å²) in [6.07, 6.45) is 4.43. The Kier molecular flexibility index (Phi) is 7.23. The maximum atomic E-state index is 12.4. The largest absolute Gasteiger partial charge is 0.469 e. The molecule has 0 fully saturated rings. The van der Waals surface area contributed by atoms with Gasteiger partial charge in [-0.15, -0.1) is 0 Å². The van der Waals surface area contributed by atoms with Gasteiger partial charge in [0.05, 0.1) is 18.7 Å². The molecule has 1 N–H and O–H groups in total. The van der Waals surface area contributed by atoms with Gasteiger partial charge in [-0.05, 0) is 62.6 Å². The molecule has 0 bridgehead atoms. The highest BCUT2D eigenvalue weighted by molar-refractivity contribution is 5.73. The summed E-state index contributed by atoms with van der Waals surface area (Å²) in [7, 11) is 1.48. The molecule has 2 aromatic carbocycles. The molecule has 152 valence electrons. The van der Waals surface area contributed by atoms with Gasteiger partial charge in [0.2, 0.25) is 0 Å². The topological polar surface area (TPSA) is 55.0 Å². The molecular weight excluding hydrogens is 360 g/mol. The zero-order chi connectivity index (χ0) is 20.6.